The quantitative estimate of drug-likeness (QED) is 0.749. The molecule has 0 atom stereocenters. The molecule has 0 bridgehead atoms. The number of benzene rings is 1. The number of aliphatic hydroxyl groups is 1. The van der Waals surface area contributed by atoms with Gasteiger partial charge in [0, 0.05) is 19.3 Å². The van der Waals surface area contributed by atoms with Gasteiger partial charge in [0.1, 0.15) is 0 Å². The van der Waals surface area contributed by atoms with Crippen molar-refractivity contribution in [1.29, 1.82) is 0 Å². The van der Waals surface area contributed by atoms with Gasteiger partial charge < -0.3 is 10.0 Å². The van der Waals surface area contributed by atoms with Crippen LogP contribution in [0.2, 0.25) is 0 Å². The first kappa shape index (κ1) is 16.9. The molecule has 0 unspecified atom stereocenters. The molecule has 25 heavy (non-hydrogen) atoms. The Morgan fingerprint density at radius 2 is 1.92 bits per heavy atom. The maximum Gasteiger partial charge on any atom is 0.257 e. The van der Waals surface area contributed by atoms with Crippen molar-refractivity contribution in [3.05, 3.63) is 77.7 Å². The molecule has 2 heterocycles. The van der Waals surface area contributed by atoms with E-state index in [9.17, 15) is 9.90 Å². The third-order valence-electron chi connectivity index (χ3n) is 3.98. The smallest absolute Gasteiger partial charge is 0.257 e. The number of pyridine rings is 1. The molecule has 3 rings (SSSR count). The van der Waals surface area contributed by atoms with Gasteiger partial charge >= 0.3 is 0 Å². The molecular formula is C19H20N4O2. The van der Waals surface area contributed by atoms with Gasteiger partial charge in [-0.25, -0.2) is 9.67 Å². The molecule has 0 saturated heterocycles. The van der Waals surface area contributed by atoms with E-state index in [4.69, 9.17) is 0 Å². The van der Waals surface area contributed by atoms with Gasteiger partial charge in [-0.15, -0.1) is 0 Å². The Bertz CT molecular complexity index is 831. The lowest BCUT2D eigenvalue weighted by atomic mass is 10.1. The molecule has 0 aliphatic carbocycles. The maximum atomic E-state index is 12.9. The van der Waals surface area contributed by atoms with Gasteiger partial charge in [0.25, 0.3) is 5.91 Å². The van der Waals surface area contributed by atoms with E-state index in [1.54, 1.807) is 22.0 Å². The van der Waals surface area contributed by atoms with E-state index in [2.05, 4.69) is 10.1 Å². The number of amides is 1. The van der Waals surface area contributed by atoms with Crippen molar-refractivity contribution in [3.63, 3.8) is 0 Å². The molecular weight excluding hydrogens is 316 g/mol. The van der Waals surface area contributed by atoms with E-state index < -0.39 is 0 Å². The lowest BCUT2D eigenvalue weighted by Gasteiger charge is -2.21. The van der Waals surface area contributed by atoms with Crippen molar-refractivity contribution < 1.29 is 9.90 Å². The van der Waals surface area contributed by atoms with E-state index in [0.717, 1.165) is 11.3 Å². The monoisotopic (exact) mass is 336 g/mol. The maximum absolute atomic E-state index is 12.9. The van der Waals surface area contributed by atoms with Crippen molar-refractivity contribution in [1.82, 2.24) is 19.7 Å². The third kappa shape index (κ3) is 3.75. The summed E-state index contributed by atoms with van der Waals surface area (Å²) >= 11 is 0. The van der Waals surface area contributed by atoms with Crippen LogP contribution in [0.4, 0.5) is 0 Å². The fourth-order valence-corrected chi connectivity index (χ4v) is 2.68. The third-order valence-corrected chi connectivity index (χ3v) is 3.98. The Morgan fingerprint density at radius 1 is 1.16 bits per heavy atom. The highest BCUT2D eigenvalue weighted by Gasteiger charge is 2.21. The molecule has 1 amide bonds. The van der Waals surface area contributed by atoms with E-state index in [-0.39, 0.29) is 19.1 Å². The fourth-order valence-electron chi connectivity index (χ4n) is 2.68. The summed E-state index contributed by atoms with van der Waals surface area (Å²) in [6.45, 7) is 2.46. The minimum atomic E-state index is -0.155. The second kappa shape index (κ2) is 7.72. The first-order valence-corrected chi connectivity index (χ1v) is 8.11. The van der Waals surface area contributed by atoms with Crippen LogP contribution in [0.1, 0.15) is 21.6 Å². The summed E-state index contributed by atoms with van der Waals surface area (Å²) in [6.07, 6.45) is 3.24. The molecule has 3 aromatic rings. The summed E-state index contributed by atoms with van der Waals surface area (Å²) in [6, 6.07) is 15.3. The number of carbonyl (C=O) groups is 1. The fraction of sp³-hybridized carbons (Fsp3) is 0.211. The average Bonchev–Trinajstić information content (AvgIpc) is 3.04. The number of aromatic nitrogens is 3. The summed E-state index contributed by atoms with van der Waals surface area (Å²) in [5.41, 5.74) is 2.24. The Balaban J connectivity index is 1.86. The van der Waals surface area contributed by atoms with Crippen LogP contribution < -0.4 is 0 Å². The van der Waals surface area contributed by atoms with Crippen molar-refractivity contribution in [2.45, 2.75) is 13.5 Å². The zero-order chi connectivity index (χ0) is 17.6. The second-order valence-electron chi connectivity index (χ2n) is 5.68. The van der Waals surface area contributed by atoms with E-state index in [1.807, 2.05) is 55.5 Å². The normalized spacial score (nSPS) is 10.6. The summed E-state index contributed by atoms with van der Waals surface area (Å²) in [7, 11) is 0. The molecule has 6 nitrogen and oxygen atoms in total. The van der Waals surface area contributed by atoms with Gasteiger partial charge in [0.15, 0.2) is 5.82 Å². The summed E-state index contributed by atoms with van der Waals surface area (Å²) in [4.78, 5) is 18.8. The predicted molar refractivity (Wildman–Crippen MR) is 94.4 cm³/mol. The van der Waals surface area contributed by atoms with E-state index in [0.29, 0.717) is 17.9 Å². The van der Waals surface area contributed by atoms with Crippen LogP contribution in [0.15, 0.2) is 60.9 Å². The van der Waals surface area contributed by atoms with Crippen LogP contribution in [0.25, 0.3) is 5.82 Å². The number of aliphatic hydroxyl groups excluding tert-OH is 1. The molecule has 6 heteroatoms. The molecule has 1 aromatic carbocycles. The van der Waals surface area contributed by atoms with Gasteiger partial charge in [0.2, 0.25) is 0 Å². The lowest BCUT2D eigenvalue weighted by molar-refractivity contribution is 0.0707. The van der Waals surface area contributed by atoms with Crippen LogP contribution in [-0.2, 0) is 6.54 Å². The number of carbonyl (C=O) groups excluding carboxylic acids is 1. The van der Waals surface area contributed by atoms with Gasteiger partial charge in [-0.05, 0) is 24.6 Å². The predicted octanol–water partition coefficient (Wildman–Crippen LogP) is 2.21. The van der Waals surface area contributed by atoms with Crippen LogP contribution in [0, 0.1) is 6.92 Å². The summed E-state index contributed by atoms with van der Waals surface area (Å²) in [5, 5.41) is 13.6. The topological polar surface area (TPSA) is 71.2 Å². The number of nitrogens with zero attached hydrogens (tertiary/aromatic N) is 4. The molecule has 2 aromatic heterocycles. The lowest BCUT2D eigenvalue weighted by Crippen LogP contribution is -2.33. The highest BCUT2D eigenvalue weighted by molar-refractivity contribution is 5.95. The zero-order valence-electron chi connectivity index (χ0n) is 14.0. The van der Waals surface area contributed by atoms with Gasteiger partial charge in [-0.3, -0.25) is 4.79 Å². The largest absolute Gasteiger partial charge is 0.395 e. The Hall–Kier alpha value is -2.99. The number of rotatable bonds is 6. The molecule has 0 aliphatic rings. The summed E-state index contributed by atoms with van der Waals surface area (Å²) in [5.74, 6) is 0.508. The van der Waals surface area contributed by atoms with Crippen LogP contribution in [0.3, 0.4) is 0 Å². The Labute approximate surface area is 146 Å². The highest BCUT2D eigenvalue weighted by Crippen LogP contribution is 2.16. The average molecular weight is 336 g/mol. The Morgan fingerprint density at radius 3 is 2.60 bits per heavy atom. The molecule has 0 aliphatic heterocycles. The zero-order valence-corrected chi connectivity index (χ0v) is 14.0. The van der Waals surface area contributed by atoms with Gasteiger partial charge in [-0.2, -0.15) is 5.10 Å². The minimum Gasteiger partial charge on any atom is -0.395 e. The molecule has 0 radical (unpaired) electrons. The molecule has 128 valence electrons. The first-order valence-electron chi connectivity index (χ1n) is 8.11. The Kier molecular flexibility index (Phi) is 5.20. The first-order chi connectivity index (χ1) is 12.2. The van der Waals surface area contributed by atoms with Crippen LogP contribution >= 0.6 is 0 Å². The van der Waals surface area contributed by atoms with Crippen molar-refractivity contribution in [2.24, 2.45) is 0 Å². The standard InChI is InChI=1S/C19H20N4O2/c1-15-17(13-21-23(15)18-9-5-6-10-20-18)19(25)22(11-12-24)14-16-7-3-2-4-8-16/h2-10,13,24H,11-12,14H2,1H3. The van der Waals surface area contributed by atoms with E-state index >= 15 is 0 Å². The minimum absolute atomic E-state index is 0.0913. The van der Waals surface area contributed by atoms with Crippen molar-refractivity contribution >= 4 is 5.91 Å². The van der Waals surface area contributed by atoms with Gasteiger partial charge in [0.05, 0.1) is 24.1 Å². The van der Waals surface area contributed by atoms with Gasteiger partial charge in [-0.1, -0.05) is 36.4 Å². The summed E-state index contributed by atoms with van der Waals surface area (Å²) < 4.78 is 1.65. The van der Waals surface area contributed by atoms with Crippen molar-refractivity contribution in [3.8, 4) is 5.82 Å². The SMILES string of the molecule is Cc1c(C(=O)N(CCO)Cc2ccccc2)cnn1-c1ccccn1. The van der Waals surface area contributed by atoms with Crippen molar-refractivity contribution in [2.75, 3.05) is 13.2 Å². The van der Waals surface area contributed by atoms with Crippen LogP contribution in [-0.4, -0.2) is 43.8 Å². The molecule has 1 N–H and O–H groups in total. The second-order valence-corrected chi connectivity index (χ2v) is 5.68. The number of hydrogen-bond acceptors (Lipinski definition) is 4. The van der Waals surface area contributed by atoms with Crippen LogP contribution in [0.5, 0.6) is 0 Å². The molecule has 0 saturated carbocycles. The molecule has 0 fully saturated rings. The highest BCUT2D eigenvalue weighted by atomic mass is 16.3. The van der Waals surface area contributed by atoms with E-state index in [1.165, 1.54) is 0 Å². The molecule has 0 spiro atoms. The number of hydrogen-bond donors (Lipinski definition) is 1.